The van der Waals surface area contributed by atoms with Crippen molar-refractivity contribution in [1.82, 2.24) is 4.31 Å². The van der Waals surface area contributed by atoms with Gasteiger partial charge in [-0.15, -0.1) is 0 Å². The van der Waals surface area contributed by atoms with Crippen molar-refractivity contribution in [2.45, 2.75) is 24.4 Å². The molecule has 0 fully saturated rings. The van der Waals surface area contributed by atoms with E-state index in [1.807, 2.05) is 60.7 Å². The summed E-state index contributed by atoms with van der Waals surface area (Å²) in [5, 5.41) is 8.94. The molecule has 6 heteroatoms. The van der Waals surface area contributed by atoms with Crippen LogP contribution in [0, 0.1) is 11.8 Å². The van der Waals surface area contributed by atoms with Crippen molar-refractivity contribution in [1.29, 1.82) is 0 Å². The van der Waals surface area contributed by atoms with Crippen LogP contribution in [0.1, 0.15) is 23.1 Å². The summed E-state index contributed by atoms with van der Waals surface area (Å²) in [7, 11) is -2.45. The number of aliphatic hydroxyl groups is 1. The summed E-state index contributed by atoms with van der Waals surface area (Å²) >= 11 is 0. The molecule has 0 aliphatic heterocycles. The quantitative estimate of drug-likeness (QED) is 0.546. The fourth-order valence-corrected chi connectivity index (χ4v) is 4.71. The van der Waals surface area contributed by atoms with Crippen molar-refractivity contribution in [3.8, 4) is 17.6 Å². The van der Waals surface area contributed by atoms with Crippen LogP contribution in [0.3, 0.4) is 0 Å². The Bertz CT molecular complexity index is 1110. The normalized spacial score (nSPS) is 11.1. The lowest BCUT2D eigenvalue weighted by Gasteiger charge is -2.24. The molecule has 1 N–H and O–H groups in total. The van der Waals surface area contributed by atoms with Crippen LogP contribution >= 0.6 is 0 Å². The van der Waals surface area contributed by atoms with Crippen LogP contribution < -0.4 is 4.74 Å². The zero-order valence-corrected chi connectivity index (χ0v) is 18.2. The highest BCUT2D eigenvalue weighted by atomic mass is 32.2. The molecule has 0 radical (unpaired) electrons. The molecule has 0 bridgehead atoms. The highest BCUT2D eigenvalue weighted by Gasteiger charge is 2.28. The first-order valence-electron chi connectivity index (χ1n) is 9.90. The second kappa shape index (κ2) is 10.8. The van der Waals surface area contributed by atoms with E-state index in [9.17, 15) is 8.42 Å². The Morgan fingerprint density at radius 2 is 1.48 bits per heavy atom. The number of ether oxygens (including phenoxy) is 1. The second-order valence-corrected chi connectivity index (χ2v) is 8.79. The number of methoxy groups -OCH3 is 1. The molecule has 0 unspecified atom stereocenters. The van der Waals surface area contributed by atoms with Crippen LogP contribution in [-0.4, -0.2) is 31.5 Å². The first kappa shape index (κ1) is 22.6. The number of rotatable bonds is 8. The lowest BCUT2D eigenvalue weighted by atomic mass is 10.2. The van der Waals surface area contributed by atoms with Crippen molar-refractivity contribution in [2.24, 2.45) is 0 Å². The number of hydrogen-bond acceptors (Lipinski definition) is 4. The Morgan fingerprint density at radius 3 is 2.00 bits per heavy atom. The topological polar surface area (TPSA) is 66.8 Å². The maximum atomic E-state index is 13.8. The van der Waals surface area contributed by atoms with Crippen LogP contribution in [-0.2, 0) is 23.1 Å². The maximum Gasteiger partial charge on any atom is 0.247 e. The van der Waals surface area contributed by atoms with Gasteiger partial charge in [0.25, 0.3) is 0 Å². The van der Waals surface area contributed by atoms with E-state index in [0.29, 0.717) is 12.0 Å². The molecule has 0 saturated carbocycles. The molecular weight excluding hydrogens is 410 g/mol. The summed E-state index contributed by atoms with van der Waals surface area (Å²) in [5.41, 5.74) is 2.33. The smallest absolute Gasteiger partial charge is 0.247 e. The van der Waals surface area contributed by atoms with Gasteiger partial charge in [0.2, 0.25) is 10.0 Å². The molecule has 3 aromatic rings. The van der Waals surface area contributed by atoms with Crippen LogP contribution in [0.5, 0.6) is 5.75 Å². The van der Waals surface area contributed by atoms with Crippen LogP contribution in [0.15, 0.2) is 83.8 Å². The largest absolute Gasteiger partial charge is 0.495 e. The zero-order chi connectivity index (χ0) is 22.1. The molecule has 0 aromatic heterocycles. The SMILES string of the molecule is COc1ccc(C#CCCO)cc1S(=O)(=O)N(Cc1ccccc1)Cc1ccccc1. The molecular formula is C25H25NO4S. The Hall–Kier alpha value is -3.11. The number of nitrogens with zero attached hydrogens (tertiary/aromatic N) is 1. The van der Waals surface area contributed by atoms with Gasteiger partial charge in [-0.05, 0) is 29.3 Å². The molecule has 0 atom stereocenters. The van der Waals surface area contributed by atoms with E-state index in [2.05, 4.69) is 11.8 Å². The van der Waals surface area contributed by atoms with E-state index in [0.717, 1.165) is 11.1 Å². The third-order valence-electron chi connectivity index (χ3n) is 4.65. The predicted molar refractivity (Wildman–Crippen MR) is 121 cm³/mol. The predicted octanol–water partition coefficient (Wildman–Crippen LogP) is 3.82. The van der Waals surface area contributed by atoms with E-state index < -0.39 is 10.0 Å². The first-order chi connectivity index (χ1) is 15.0. The Morgan fingerprint density at radius 1 is 0.903 bits per heavy atom. The molecule has 0 saturated heterocycles. The minimum atomic E-state index is -3.90. The number of hydrogen-bond donors (Lipinski definition) is 1. The third kappa shape index (κ3) is 5.96. The van der Waals surface area contributed by atoms with Crippen molar-refractivity contribution in [3.05, 3.63) is 95.6 Å². The highest BCUT2D eigenvalue weighted by molar-refractivity contribution is 7.89. The summed E-state index contributed by atoms with van der Waals surface area (Å²) in [6.07, 6.45) is 0.322. The summed E-state index contributed by atoms with van der Waals surface area (Å²) in [6.45, 7) is 0.402. The van der Waals surface area contributed by atoms with Gasteiger partial charge >= 0.3 is 0 Å². The molecule has 0 aliphatic rings. The van der Waals surface area contributed by atoms with Crippen LogP contribution in [0.4, 0.5) is 0 Å². The standard InChI is InChI=1S/C25H25NO4S/c1-30-24-16-15-21(10-8-9-17-27)18-25(24)31(28,29)26(19-22-11-4-2-5-12-22)20-23-13-6-3-7-14-23/h2-7,11-16,18,27H,9,17,19-20H2,1H3. The van der Waals surface area contributed by atoms with Crippen LogP contribution in [0.2, 0.25) is 0 Å². The monoisotopic (exact) mass is 435 g/mol. The third-order valence-corrected chi connectivity index (χ3v) is 6.47. The molecule has 0 heterocycles. The number of aliphatic hydroxyl groups excluding tert-OH is 1. The van der Waals surface area contributed by atoms with Crippen molar-refractivity contribution in [3.63, 3.8) is 0 Å². The summed E-state index contributed by atoms with van der Waals surface area (Å²) in [5.74, 6) is 5.99. The zero-order valence-electron chi connectivity index (χ0n) is 17.4. The van der Waals surface area contributed by atoms with Gasteiger partial charge < -0.3 is 9.84 Å². The van der Waals surface area contributed by atoms with Gasteiger partial charge in [0, 0.05) is 25.1 Å². The number of benzene rings is 3. The minimum absolute atomic E-state index is 0.0454. The Kier molecular flexibility index (Phi) is 7.85. The van der Waals surface area contributed by atoms with Gasteiger partial charge in [-0.2, -0.15) is 4.31 Å². The lowest BCUT2D eigenvalue weighted by molar-refractivity contribution is 0.305. The molecule has 31 heavy (non-hydrogen) atoms. The first-order valence-corrected chi connectivity index (χ1v) is 11.3. The fraction of sp³-hybridized carbons (Fsp3) is 0.200. The van der Waals surface area contributed by atoms with Crippen molar-refractivity contribution < 1.29 is 18.3 Å². The van der Waals surface area contributed by atoms with Crippen LogP contribution in [0.25, 0.3) is 0 Å². The van der Waals surface area contributed by atoms with Gasteiger partial charge in [-0.3, -0.25) is 0 Å². The second-order valence-electron chi connectivity index (χ2n) is 6.89. The summed E-state index contributed by atoms with van der Waals surface area (Å²) in [4.78, 5) is 0.0673. The van der Waals surface area contributed by atoms with Gasteiger partial charge in [0.1, 0.15) is 10.6 Å². The lowest BCUT2D eigenvalue weighted by Crippen LogP contribution is -2.30. The van der Waals surface area contributed by atoms with E-state index in [4.69, 9.17) is 9.84 Å². The molecule has 0 aliphatic carbocycles. The highest BCUT2D eigenvalue weighted by Crippen LogP contribution is 2.30. The van der Waals surface area contributed by atoms with Gasteiger partial charge in [-0.25, -0.2) is 8.42 Å². The van der Waals surface area contributed by atoms with Gasteiger partial charge in [-0.1, -0.05) is 72.5 Å². The molecule has 0 amide bonds. The fourth-order valence-electron chi connectivity index (χ4n) is 3.12. The number of sulfonamides is 1. The average Bonchev–Trinajstić information content (AvgIpc) is 2.80. The Labute approximate surface area is 184 Å². The molecule has 160 valence electrons. The van der Waals surface area contributed by atoms with Gasteiger partial charge in [0.05, 0.1) is 13.7 Å². The van der Waals surface area contributed by atoms with E-state index in [-0.39, 0.29) is 30.3 Å². The molecule has 0 spiro atoms. The summed E-state index contributed by atoms with van der Waals surface area (Å²) in [6, 6.07) is 23.8. The molecule has 3 rings (SSSR count). The van der Waals surface area contributed by atoms with Crippen molar-refractivity contribution in [2.75, 3.05) is 13.7 Å². The molecule has 5 nitrogen and oxygen atoms in total. The minimum Gasteiger partial charge on any atom is -0.495 e. The maximum absolute atomic E-state index is 13.8. The summed E-state index contributed by atoms with van der Waals surface area (Å²) < 4.78 is 34.3. The Balaban J connectivity index is 2.04. The molecule has 3 aromatic carbocycles. The van der Waals surface area contributed by atoms with E-state index >= 15 is 0 Å². The van der Waals surface area contributed by atoms with E-state index in [1.165, 1.54) is 17.5 Å². The average molecular weight is 436 g/mol. The van der Waals surface area contributed by atoms with Crippen molar-refractivity contribution >= 4 is 10.0 Å². The van der Waals surface area contributed by atoms with Gasteiger partial charge in [0.15, 0.2) is 0 Å². The van der Waals surface area contributed by atoms with E-state index in [1.54, 1.807) is 12.1 Å².